The van der Waals surface area contributed by atoms with E-state index < -0.39 is 0 Å². The molecule has 6 nitrogen and oxygen atoms in total. The Morgan fingerprint density at radius 2 is 2.05 bits per heavy atom. The van der Waals surface area contributed by atoms with Crippen LogP contribution in [-0.4, -0.2) is 53.4 Å². The van der Waals surface area contributed by atoms with Gasteiger partial charge in [0, 0.05) is 30.5 Å². The highest BCUT2D eigenvalue weighted by Crippen LogP contribution is 2.39. The van der Waals surface area contributed by atoms with E-state index in [1.54, 1.807) is 0 Å². The summed E-state index contributed by atoms with van der Waals surface area (Å²) in [6.45, 7) is 7.39. The zero-order chi connectivity index (χ0) is 15.3. The molecule has 6 heteroatoms. The van der Waals surface area contributed by atoms with Crippen LogP contribution in [0.1, 0.15) is 54.5 Å². The second kappa shape index (κ2) is 5.06. The van der Waals surface area contributed by atoms with Crippen molar-refractivity contribution in [2.45, 2.75) is 45.3 Å². The van der Waals surface area contributed by atoms with Gasteiger partial charge in [-0.3, -0.25) is 9.89 Å². The largest absolute Gasteiger partial charge is 0.380 e. The molecule has 1 aromatic rings. The quantitative estimate of drug-likeness (QED) is 0.857. The zero-order valence-corrected chi connectivity index (χ0v) is 13.2. The molecule has 1 aromatic heterocycles. The first-order valence-electron chi connectivity index (χ1n) is 8.18. The zero-order valence-electron chi connectivity index (χ0n) is 13.2. The molecule has 3 aliphatic rings. The van der Waals surface area contributed by atoms with Gasteiger partial charge in [-0.05, 0) is 26.7 Å². The third-order valence-electron chi connectivity index (χ3n) is 5.36. The summed E-state index contributed by atoms with van der Waals surface area (Å²) in [4.78, 5) is 14.8. The topological polar surface area (TPSA) is 67.5 Å². The molecule has 4 rings (SSSR count). The SMILES string of the molecule is C[C@@H]1Cc2c(C(=O)N3CCC4(CC3)COC4)n[nH]c2[C@H](C)O1. The van der Waals surface area contributed by atoms with Gasteiger partial charge in [-0.25, -0.2) is 0 Å². The first-order chi connectivity index (χ1) is 10.6. The minimum absolute atomic E-state index is 0.0236. The van der Waals surface area contributed by atoms with E-state index in [1.165, 1.54) is 0 Å². The summed E-state index contributed by atoms with van der Waals surface area (Å²) < 4.78 is 11.1. The molecule has 2 atom stereocenters. The van der Waals surface area contributed by atoms with E-state index in [1.807, 2.05) is 18.7 Å². The highest BCUT2D eigenvalue weighted by atomic mass is 16.5. The average molecular weight is 305 g/mol. The molecule has 1 spiro atoms. The number of aromatic nitrogens is 2. The highest BCUT2D eigenvalue weighted by molar-refractivity contribution is 5.94. The van der Waals surface area contributed by atoms with Crippen LogP contribution in [0.25, 0.3) is 0 Å². The average Bonchev–Trinajstić information content (AvgIpc) is 2.89. The van der Waals surface area contributed by atoms with Crippen molar-refractivity contribution < 1.29 is 14.3 Å². The molecule has 0 bridgehead atoms. The fourth-order valence-electron chi connectivity index (χ4n) is 3.86. The Hall–Kier alpha value is -1.40. The molecule has 1 amide bonds. The van der Waals surface area contributed by atoms with Gasteiger partial charge in [0.2, 0.25) is 0 Å². The monoisotopic (exact) mass is 305 g/mol. The van der Waals surface area contributed by atoms with Crippen LogP contribution in [0.15, 0.2) is 0 Å². The lowest BCUT2D eigenvalue weighted by atomic mass is 9.77. The van der Waals surface area contributed by atoms with Crippen molar-refractivity contribution in [3.8, 4) is 0 Å². The van der Waals surface area contributed by atoms with Crippen LogP contribution >= 0.6 is 0 Å². The number of hydrogen-bond donors (Lipinski definition) is 1. The number of nitrogens with zero attached hydrogens (tertiary/aromatic N) is 2. The number of carbonyl (C=O) groups is 1. The minimum Gasteiger partial charge on any atom is -0.380 e. The third-order valence-corrected chi connectivity index (χ3v) is 5.36. The standard InChI is InChI=1S/C16H23N3O3/c1-10-7-12-13(11(2)22-10)17-18-14(12)15(20)19-5-3-16(4-6-19)8-21-9-16/h10-11H,3-9H2,1-2H3,(H,17,18)/t10-,11+/m1/s1. The first-order valence-corrected chi connectivity index (χ1v) is 8.18. The molecule has 4 heterocycles. The number of amides is 1. The van der Waals surface area contributed by atoms with Gasteiger partial charge in [0.05, 0.1) is 31.1 Å². The normalized spacial score (nSPS) is 30.0. The Morgan fingerprint density at radius 1 is 1.32 bits per heavy atom. The van der Waals surface area contributed by atoms with Crippen LogP contribution in [0.5, 0.6) is 0 Å². The Morgan fingerprint density at radius 3 is 2.68 bits per heavy atom. The Balaban J connectivity index is 1.52. The van der Waals surface area contributed by atoms with Crippen molar-refractivity contribution in [2.75, 3.05) is 26.3 Å². The summed E-state index contributed by atoms with van der Waals surface area (Å²) in [7, 11) is 0. The van der Waals surface area contributed by atoms with Gasteiger partial charge >= 0.3 is 0 Å². The first kappa shape index (κ1) is 14.2. The molecular formula is C16H23N3O3. The van der Waals surface area contributed by atoms with Gasteiger partial charge in [-0.1, -0.05) is 0 Å². The van der Waals surface area contributed by atoms with Crippen LogP contribution in [-0.2, 0) is 15.9 Å². The van der Waals surface area contributed by atoms with E-state index in [9.17, 15) is 4.79 Å². The Labute approximate surface area is 130 Å². The highest BCUT2D eigenvalue weighted by Gasteiger charge is 2.42. The lowest BCUT2D eigenvalue weighted by Crippen LogP contribution is -2.52. The molecule has 0 unspecified atom stereocenters. The number of carbonyl (C=O) groups excluding carboxylic acids is 1. The lowest BCUT2D eigenvalue weighted by Gasteiger charge is -2.47. The van der Waals surface area contributed by atoms with E-state index in [-0.39, 0.29) is 18.1 Å². The van der Waals surface area contributed by atoms with Crippen molar-refractivity contribution in [1.82, 2.24) is 15.1 Å². The van der Waals surface area contributed by atoms with Crippen molar-refractivity contribution in [3.05, 3.63) is 17.0 Å². The Bertz CT molecular complexity index is 583. The van der Waals surface area contributed by atoms with E-state index in [0.29, 0.717) is 11.1 Å². The smallest absolute Gasteiger partial charge is 0.274 e. The third kappa shape index (κ3) is 2.16. The van der Waals surface area contributed by atoms with Crippen LogP contribution < -0.4 is 0 Å². The minimum atomic E-state index is -0.0236. The maximum Gasteiger partial charge on any atom is 0.274 e. The maximum absolute atomic E-state index is 12.8. The fourth-order valence-corrected chi connectivity index (χ4v) is 3.86. The summed E-state index contributed by atoms with van der Waals surface area (Å²) in [6.07, 6.45) is 2.94. The van der Waals surface area contributed by atoms with E-state index in [0.717, 1.165) is 56.8 Å². The molecule has 3 aliphatic heterocycles. The number of H-pyrrole nitrogens is 1. The van der Waals surface area contributed by atoms with E-state index >= 15 is 0 Å². The summed E-state index contributed by atoms with van der Waals surface area (Å²) in [5, 5.41) is 7.32. The predicted molar refractivity (Wildman–Crippen MR) is 79.6 cm³/mol. The van der Waals surface area contributed by atoms with Gasteiger partial charge in [-0.2, -0.15) is 5.10 Å². The van der Waals surface area contributed by atoms with Crippen molar-refractivity contribution in [3.63, 3.8) is 0 Å². The molecule has 120 valence electrons. The molecule has 2 fully saturated rings. The molecule has 2 saturated heterocycles. The number of fused-ring (bicyclic) bond motifs is 1. The molecule has 22 heavy (non-hydrogen) atoms. The van der Waals surface area contributed by atoms with Crippen LogP contribution in [0.3, 0.4) is 0 Å². The van der Waals surface area contributed by atoms with Crippen LogP contribution in [0.4, 0.5) is 0 Å². The summed E-state index contributed by atoms with van der Waals surface area (Å²) in [6, 6.07) is 0. The number of nitrogens with one attached hydrogen (secondary N) is 1. The van der Waals surface area contributed by atoms with Gasteiger partial charge in [0.15, 0.2) is 5.69 Å². The summed E-state index contributed by atoms with van der Waals surface area (Å²) in [5.74, 6) is 0.0638. The van der Waals surface area contributed by atoms with Gasteiger partial charge in [-0.15, -0.1) is 0 Å². The Kier molecular flexibility index (Phi) is 3.27. The molecular weight excluding hydrogens is 282 g/mol. The maximum atomic E-state index is 12.8. The van der Waals surface area contributed by atoms with Crippen molar-refractivity contribution in [2.24, 2.45) is 5.41 Å². The number of ether oxygens (including phenoxy) is 2. The van der Waals surface area contributed by atoms with Gasteiger partial charge in [0.25, 0.3) is 5.91 Å². The molecule has 0 saturated carbocycles. The van der Waals surface area contributed by atoms with E-state index in [2.05, 4.69) is 10.2 Å². The number of likely N-dealkylation sites (tertiary alicyclic amines) is 1. The van der Waals surface area contributed by atoms with Gasteiger partial charge in [0.1, 0.15) is 0 Å². The van der Waals surface area contributed by atoms with Crippen LogP contribution in [0, 0.1) is 5.41 Å². The van der Waals surface area contributed by atoms with Crippen molar-refractivity contribution in [1.29, 1.82) is 0 Å². The molecule has 0 aromatic carbocycles. The molecule has 1 N–H and O–H groups in total. The second-order valence-corrected chi connectivity index (χ2v) is 7.04. The van der Waals surface area contributed by atoms with E-state index in [4.69, 9.17) is 9.47 Å². The number of aromatic amines is 1. The van der Waals surface area contributed by atoms with Crippen molar-refractivity contribution >= 4 is 5.91 Å². The van der Waals surface area contributed by atoms with Crippen LogP contribution in [0.2, 0.25) is 0 Å². The molecule has 0 radical (unpaired) electrons. The number of hydrogen-bond acceptors (Lipinski definition) is 4. The number of piperidine rings is 1. The fraction of sp³-hybridized carbons (Fsp3) is 0.750. The number of rotatable bonds is 1. The second-order valence-electron chi connectivity index (χ2n) is 7.04. The van der Waals surface area contributed by atoms with Gasteiger partial charge < -0.3 is 14.4 Å². The predicted octanol–water partition coefficient (Wildman–Crippen LogP) is 1.68. The summed E-state index contributed by atoms with van der Waals surface area (Å²) in [5.41, 5.74) is 2.95. The summed E-state index contributed by atoms with van der Waals surface area (Å²) >= 11 is 0. The lowest BCUT2D eigenvalue weighted by molar-refractivity contribution is -0.136. The molecule has 0 aliphatic carbocycles.